The molecule has 0 heterocycles. The highest BCUT2D eigenvalue weighted by Gasteiger charge is 2.29. The normalized spacial score (nSPS) is 11.7. The summed E-state index contributed by atoms with van der Waals surface area (Å²) in [4.78, 5) is 27.9. The first-order chi connectivity index (χ1) is 15.7. The van der Waals surface area contributed by atoms with Crippen LogP contribution < -0.4 is 10.1 Å². The van der Waals surface area contributed by atoms with E-state index in [1.807, 2.05) is 33.8 Å². The third-order valence-corrected chi connectivity index (χ3v) is 6.27. The molecule has 180 valence electrons. The van der Waals surface area contributed by atoms with Crippen molar-refractivity contribution >= 4 is 35.0 Å². The largest absolute Gasteiger partial charge is 0.483 e. The zero-order chi connectivity index (χ0) is 24.5. The van der Waals surface area contributed by atoms with Gasteiger partial charge in [-0.2, -0.15) is 0 Å². The monoisotopic (exact) mass is 492 g/mol. The zero-order valence-corrected chi connectivity index (χ0v) is 21.6. The third-order valence-electron chi connectivity index (χ3n) is 5.69. The summed E-state index contributed by atoms with van der Waals surface area (Å²) in [6, 6.07) is 8.51. The molecular weight excluding hydrogens is 459 g/mol. The molecule has 0 saturated heterocycles. The average Bonchev–Trinajstić information content (AvgIpc) is 2.76. The molecule has 0 spiro atoms. The van der Waals surface area contributed by atoms with Gasteiger partial charge in [0.05, 0.1) is 0 Å². The van der Waals surface area contributed by atoms with Gasteiger partial charge < -0.3 is 15.0 Å². The molecule has 7 heteroatoms. The Morgan fingerprint density at radius 3 is 2.45 bits per heavy atom. The van der Waals surface area contributed by atoms with Gasteiger partial charge in [0.25, 0.3) is 5.91 Å². The number of benzene rings is 2. The zero-order valence-electron chi connectivity index (χ0n) is 20.1. The molecule has 0 saturated carbocycles. The Morgan fingerprint density at radius 2 is 1.82 bits per heavy atom. The van der Waals surface area contributed by atoms with Crippen molar-refractivity contribution < 1.29 is 14.3 Å². The van der Waals surface area contributed by atoms with E-state index < -0.39 is 6.04 Å². The first-order valence-corrected chi connectivity index (χ1v) is 12.1. The molecule has 0 aliphatic carbocycles. The van der Waals surface area contributed by atoms with E-state index in [4.69, 9.17) is 27.9 Å². The molecule has 1 N–H and O–H groups in total. The third kappa shape index (κ3) is 7.65. The lowest BCUT2D eigenvalue weighted by Crippen LogP contribution is -2.50. The van der Waals surface area contributed by atoms with Crippen molar-refractivity contribution in [3.63, 3.8) is 0 Å². The summed E-state index contributed by atoms with van der Waals surface area (Å²) in [5, 5.41) is 3.91. The number of hydrogen-bond acceptors (Lipinski definition) is 3. The van der Waals surface area contributed by atoms with Crippen LogP contribution >= 0.6 is 23.2 Å². The number of nitrogens with one attached hydrogen (secondary N) is 1. The molecule has 0 aromatic heterocycles. The summed E-state index contributed by atoms with van der Waals surface area (Å²) >= 11 is 12.4. The van der Waals surface area contributed by atoms with E-state index in [2.05, 4.69) is 18.3 Å². The van der Waals surface area contributed by atoms with Crippen LogP contribution in [0.4, 0.5) is 0 Å². The fourth-order valence-corrected chi connectivity index (χ4v) is 4.10. The van der Waals surface area contributed by atoms with Gasteiger partial charge >= 0.3 is 0 Å². The number of aryl methyl sites for hydroxylation is 2. The number of halogens is 2. The Bertz CT molecular complexity index is 978. The highest BCUT2D eigenvalue weighted by atomic mass is 35.5. The van der Waals surface area contributed by atoms with Crippen LogP contribution in [0.1, 0.15) is 55.4 Å². The number of rotatable bonds is 11. The Kier molecular flexibility index (Phi) is 10.5. The highest BCUT2D eigenvalue weighted by molar-refractivity contribution is 6.35. The number of carbonyl (C=O) groups excluding carboxylic acids is 2. The molecule has 0 aliphatic rings. The summed E-state index contributed by atoms with van der Waals surface area (Å²) in [5.41, 5.74) is 3.87. The fraction of sp³-hybridized carbons (Fsp3) is 0.462. The molecule has 2 rings (SSSR count). The highest BCUT2D eigenvalue weighted by Crippen LogP contribution is 2.25. The van der Waals surface area contributed by atoms with Crippen LogP contribution in [0.15, 0.2) is 30.3 Å². The topological polar surface area (TPSA) is 58.6 Å². The van der Waals surface area contributed by atoms with Gasteiger partial charge in [0.2, 0.25) is 5.91 Å². The minimum absolute atomic E-state index is 0.173. The van der Waals surface area contributed by atoms with E-state index in [1.165, 1.54) is 0 Å². The van der Waals surface area contributed by atoms with E-state index in [0.29, 0.717) is 28.8 Å². The van der Waals surface area contributed by atoms with Crippen molar-refractivity contribution in [1.29, 1.82) is 0 Å². The van der Waals surface area contributed by atoms with Crippen molar-refractivity contribution in [2.24, 2.45) is 0 Å². The van der Waals surface area contributed by atoms with Gasteiger partial charge in [-0.1, -0.05) is 55.6 Å². The standard InChI is InChI=1S/C26H34Cl2N2O3/c1-6-8-11-29-26(32)23(7-2)30(15-20-9-10-21(27)14-22(20)28)25(31)16-33-24-13-17(3)12-18(4)19(24)5/h9-10,12-14,23H,6-8,11,15-16H2,1-5H3,(H,29,32). The van der Waals surface area contributed by atoms with E-state index in [9.17, 15) is 9.59 Å². The summed E-state index contributed by atoms with van der Waals surface area (Å²) in [6.07, 6.45) is 2.33. The van der Waals surface area contributed by atoms with Crippen molar-refractivity contribution in [3.05, 3.63) is 62.6 Å². The Balaban J connectivity index is 2.28. The van der Waals surface area contributed by atoms with Crippen molar-refractivity contribution in [1.82, 2.24) is 10.2 Å². The van der Waals surface area contributed by atoms with Gasteiger partial charge in [0.15, 0.2) is 6.61 Å². The van der Waals surface area contributed by atoms with Crippen LogP contribution in [-0.4, -0.2) is 35.9 Å². The second-order valence-electron chi connectivity index (χ2n) is 8.32. The van der Waals surface area contributed by atoms with E-state index in [-0.39, 0.29) is 25.0 Å². The predicted octanol–water partition coefficient (Wildman–Crippen LogP) is 6.02. The number of carbonyl (C=O) groups is 2. The van der Waals surface area contributed by atoms with Crippen LogP contribution in [0.25, 0.3) is 0 Å². The second kappa shape index (κ2) is 12.9. The summed E-state index contributed by atoms with van der Waals surface area (Å²) < 4.78 is 5.92. The Labute approximate surface area is 207 Å². The quantitative estimate of drug-likeness (QED) is 0.390. The molecule has 0 bridgehead atoms. The van der Waals surface area contributed by atoms with Crippen molar-refractivity contribution in [2.75, 3.05) is 13.2 Å². The van der Waals surface area contributed by atoms with Crippen LogP contribution in [0.5, 0.6) is 5.75 Å². The van der Waals surface area contributed by atoms with Gasteiger partial charge in [0.1, 0.15) is 11.8 Å². The number of amides is 2. The molecule has 0 aliphatic heterocycles. The van der Waals surface area contributed by atoms with E-state index in [1.54, 1.807) is 23.1 Å². The van der Waals surface area contributed by atoms with Crippen LogP contribution in [-0.2, 0) is 16.1 Å². The number of unbranched alkanes of at least 4 members (excludes halogenated alkanes) is 1. The van der Waals surface area contributed by atoms with Crippen molar-refractivity contribution in [2.45, 2.75) is 66.5 Å². The van der Waals surface area contributed by atoms with Gasteiger partial charge in [-0.25, -0.2) is 0 Å². The predicted molar refractivity (Wildman–Crippen MR) is 135 cm³/mol. The average molecular weight is 493 g/mol. The maximum atomic E-state index is 13.4. The minimum atomic E-state index is -0.634. The number of nitrogens with zero attached hydrogens (tertiary/aromatic N) is 1. The van der Waals surface area contributed by atoms with Crippen LogP contribution in [0, 0.1) is 20.8 Å². The molecule has 33 heavy (non-hydrogen) atoms. The van der Waals surface area contributed by atoms with Crippen molar-refractivity contribution in [3.8, 4) is 5.75 Å². The molecule has 2 aromatic carbocycles. The number of hydrogen-bond donors (Lipinski definition) is 1. The lowest BCUT2D eigenvalue weighted by Gasteiger charge is -2.31. The van der Waals surface area contributed by atoms with Gasteiger partial charge in [-0.15, -0.1) is 0 Å². The molecule has 1 atom stereocenters. The molecular formula is C26H34Cl2N2O3. The SMILES string of the molecule is CCCCNC(=O)C(CC)N(Cc1ccc(Cl)cc1Cl)C(=O)COc1cc(C)cc(C)c1C. The molecule has 2 aromatic rings. The molecule has 0 radical (unpaired) electrons. The maximum Gasteiger partial charge on any atom is 0.261 e. The molecule has 2 amide bonds. The first-order valence-electron chi connectivity index (χ1n) is 11.4. The second-order valence-corrected chi connectivity index (χ2v) is 9.16. The van der Waals surface area contributed by atoms with Gasteiger partial charge in [-0.3, -0.25) is 9.59 Å². The molecule has 0 fully saturated rings. The van der Waals surface area contributed by atoms with Gasteiger partial charge in [-0.05, 0) is 74.1 Å². The number of ether oxygens (including phenoxy) is 1. The minimum Gasteiger partial charge on any atom is -0.483 e. The maximum absolute atomic E-state index is 13.4. The lowest BCUT2D eigenvalue weighted by molar-refractivity contribution is -0.143. The summed E-state index contributed by atoms with van der Waals surface area (Å²) in [5.74, 6) is 0.217. The first kappa shape index (κ1) is 27.0. The fourth-order valence-electron chi connectivity index (χ4n) is 3.63. The Morgan fingerprint density at radius 1 is 1.09 bits per heavy atom. The smallest absolute Gasteiger partial charge is 0.261 e. The van der Waals surface area contributed by atoms with Crippen LogP contribution in [0.2, 0.25) is 10.0 Å². The summed E-state index contributed by atoms with van der Waals surface area (Å²) in [6.45, 7) is 10.5. The van der Waals surface area contributed by atoms with Gasteiger partial charge in [0, 0.05) is 23.1 Å². The van der Waals surface area contributed by atoms with E-state index in [0.717, 1.165) is 35.1 Å². The molecule has 1 unspecified atom stereocenters. The van der Waals surface area contributed by atoms with E-state index >= 15 is 0 Å². The lowest BCUT2D eigenvalue weighted by atomic mass is 10.1. The van der Waals surface area contributed by atoms with Crippen LogP contribution in [0.3, 0.4) is 0 Å². The molecule has 5 nitrogen and oxygen atoms in total. The summed E-state index contributed by atoms with van der Waals surface area (Å²) in [7, 11) is 0. The Hall–Kier alpha value is -2.24.